The first-order valence-corrected chi connectivity index (χ1v) is 10.9. The molecule has 1 rings (SSSR count). The first-order valence-electron chi connectivity index (χ1n) is 10.9. The van der Waals surface area contributed by atoms with Crippen LogP contribution < -0.4 is 26.6 Å². The van der Waals surface area contributed by atoms with Gasteiger partial charge in [-0.05, 0) is 24.0 Å². The summed E-state index contributed by atoms with van der Waals surface area (Å²) in [5.41, 5.74) is 1.75. The molecule has 32 heavy (non-hydrogen) atoms. The highest BCUT2D eigenvalue weighted by Crippen LogP contribution is 2.05. The van der Waals surface area contributed by atoms with Crippen molar-refractivity contribution < 1.29 is 23.9 Å². The largest absolute Gasteiger partial charge is 0.372 e. The van der Waals surface area contributed by atoms with Crippen molar-refractivity contribution in [2.45, 2.75) is 39.2 Å². The third-order valence-electron chi connectivity index (χ3n) is 4.35. The predicted octanol–water partition coefficient (Wildman–Crippen LogP) is 0.214. The van der Waals surface area contributed by atoms with E-state index in [-0.39, 0.29) is 43.2 Å². The van der Waals surface area contributed by atoms with E-state index >= 15 is 0 Å². The number of carbonyl (C=O) groups excluding carboxylic acids is 4. The molecule has 1 aromatic carbocycles. The molecule has 0 fully saturated rings. The van der Waals surface area contributed by atoms with E-state index < -0.39 is 0 Å². The monoisotopic (exact) mass is 449 g/mol. The van der Waals surface area contributed by atoms with Crippen LogP contribution >= 0.6 is 0 Å². The number of nitrogens with one attached hydrogen (secondary N) is 5. The lowest BCUT2D eigenvalue weighted by Gasteiger charge is -2.09. The Labute approximate surface area is 189 Å². The molecule has 0 radical (unpaired) electrons. The third kappa shape index (κ3) is 13.2. The zero-order valence-corrected chi connectivity index (χ0v) is 18.9. The maximum Gasteiger partial charge on any atom is 0.314 e. The van der Waals surface area contributed by atoms with Crippen molar-refractivity contribution in [2.24, 2.45) is 0 Å². The minimum absolute atomic E-state index is 0.0453. The minimum atomic E-state index is -0.224. The van der Waals surface area contributed by atoms with Gasteiger partial charge in [0.1, 0.15) is 6.61 Å². The SMILES string of the molecule is CCCNC(=O)NCCCOCC(=O)NCc1ccc(CC(=O)NCCC(=O)NC)cc1. The fraction of sp³-hybridized carbons (Fsp3) is 0.545. The average Bonchev–Trinajstić information content (AvgIpc) is 2.79. The fourth-order valence-electron chi connectivity index (χ4n) is 2.56. The van der Waals surface area contributed by atoms with Gasteiger partial charge in [-0.3, -0.25) is 14.4 Å². The van der Waals surface area contributed by atoms with Crippen molar-refractivity contribution in [1.82, 2.24) is 26.6 Å². The quantitative estimate of drug-likeness (QED) is 0.244. The van der Waals surface area contributed by atoms with Gasteiger partial charge in [0, 0.05) is 46.3 Å². The molecule has 0 aliphatic heterocycles. The topological polar surface area (TPSA) is 138 Å². The van der Waals surface area contributed by atoms with Crippen LogP contribution in [0.2, 0.25) is 0 Å². The van der Waals surface area contributed by atoms with Crippen molar-refractivity contribution in [3.8, 4) is 0 Å². The lowest BCUT2D eigenvalue weighted by Crippen LogP contribution is -2.36. The van der Waals surface area contributed by atoms with Gasteiger partial charge in [-0.2, -0.15) is 0 Å². The van der Waals surface area contributed by atoms with Gasteiger partial charge < -0.3 is 31.3 Å². The normalized spacial score (nSPS) is 10.2. The van der Waals surface area contributed by atoms with Crippen LogP contribution in [0.25, 0.3) is 0 Å². The number of hydrogen-bond donors (Lipinski definition) is 5. The lowest BCUT2D eigenvalue weighted by molar-refractivity contribution is -0.126. The predicted molar refractivity (Wildman–Crippen MR) is 121 cm³/mol. The molecule has 0 heterocycles. The van der Waals surface area contributed by atoms with Crippen molar-refractivity contribution >= 4 is 23.8 Å². The second-order valence-electron chi connectivity index (χ2n) is 7.13. The third-order valence-corrected chi connectivity index (χ3v) is 4.35. The highest BCUT2D eigenvalue weighted by molar-refractivity contribution is 5.80. The van der Waals surface area contributed by atoms with Crippen LogP contribution in [0.5, 0.6) is 0 Å². The van der Waals surface area contributed by atoms with Crippen LogP contribution in [0.1, 0.15) is 37.3 Å². The number of carbonyl (C=O) groups is 4. The summed E-state index contributed by atoms with van der Waals surface area (Å²) in [6, 6.07) is 7.17. The Morgan fingerprint density at radius 3 is 2.19 bits per heavy atom. The molecule has 0 aliphatic rings. The molecule has 0 saturated carbocycles. The smallest absolute Gasteiger partial charge is 0.314 e. The molecule has 5 amide bonds. The summed E-state index contributed by atoms with van der Waals surface area (Å²) in [6.45, 7) is 4.10. The van der Waals surface area contributed by atoms with Crippen LogP contribution in [0, 0.1) is 0 Å². The molecule has 0 saturated heterocycles. The second-order valence-corrected chi connectivity index (χ2v) is 7.13. The van der Waals surface area contributed by atoms with Crippen LogP contribution in [0.3, 0.4) is 0 Å². The molecule has 0 aromatic heterocycles. The van der Waals surface area contributed by atoms with Crippen LogP contribution in [-0.4, -0.2) is 63.6 Å². The summed E-state index contributed by atoms with van der Waals surface area (Å²) in [5, 5.41) is 13.4. The van der Waals surface area contributed by atoms with Gasteiger partial charge in [-0.15, -0.1) is 0 Å². The molecular weight excluding hydrogens is 414 g/mol. The van der Waals surface area contributed by atoms with E-state index in [2.05, 4.69) is 26.6 Å². The van der Waals surface area contributed by atoms with Crippen molar-refractivity contribution in [1.29, 1.82) is 0 Å². The number of ether oxygens (including phenoxy) is 1. The van der Waals surface area contributed by atoms with E-state index in [9.17, 15) is 19.2 Å². The van der Waals surface area contributed by atoms with Gasteiger partial charge in [-0.25, -0.2) is 4.79 Å². The van der Waals surface area contributed by atoms with Gasteiger partial charge in [-0.1, -0.05) is 31.2 Å². The van der Waals surface area contributed by atoms with E-state index in [1.807, 2.05) is 31.2 Å². The zero-order chi connectivity index (χ0) is 23.6. The molecule has 0 aliphatic carbocycles. The van der Waals surface area contributed by atoms with E-state index in [1.165, 1.54) is 0 Å². The zero-order valence-electron chi connectivity index (χ0n) is 18.9. The summed E-state index contributed by atoms with van der Waals surface area (Å²) in [6.07, 6.45) is 1.98. The van der Waals surface area contributed by atoms with Crippen molar-refractivity contribution in [2.75, 3.05) is 39.9 Å². The number of rotatable bonds is 15. The number of amides is 5. The number of hydrogen-bond acceptors (Lipinski definition) is 5. The van der Waals surface area contributed by atoms with E-state index in [4.69, 9.17) is 4.74 Å². The molecule has 0 unspecified atom stereocenters. The van der Waals surface area contributed by atoms with Gasteiger partial charge in [0.25, 0.3) is 0 Å². The van der Waals surface area contributed by atoms with Gasteiger partial charge in [0.2, 0.25) is 17.7 Å². The maximum absolute atomic E-state index is 11.9. The van der Waals surface area contributed by atoms with Crippen LogP contribution in [0.4, 0.5) is 4.79 Å². The van der Waals surface area contributed by atoms with Gasteiger partial charge >= 0.3 is 6.03 Å². The Bertz CT molecular complexity index is 724. The molecule has 5 N–H and O–H groups in total. The second kappa shape index (κ2) is 16.5. The summed E-state index contributed by atoms with van der Waals surface area (Å²) in [5.74, 6) is -0.493. The molecule has 1 aromatic rings. The highest BCUT2D eigenvalue weighted by atomic mass is 16.5. The van der Waals surface area contributed by atoms with Crippen molar-refractivity contribution in [3.05, 3.63) is 35.4 Å². The maximum atomic E-state index is 11.9. The molecule has 0 atom stereocenters. The van der Waals surface area contributed by atoms with E-state index in [0.29, 0.717) is 39.2 Å². The van der Waals surface area contributed by atoms with Gasteiger partial charge in [0.15, 0.2) is 0 Å². The molecule has 0 bridgehead atoms. The standard InChI is InChI=1S/C22H35N5O5/c1-3-10-25-22(31)26-11-4-13-32-16-21(30)27-15-18-7-5-17(6-8-18)14-20(29)24-12-9-19(28)23-2/h5-8H,3-4,9-16H2,1-2H3,(H,23,28)(H,24,29)(H,27,30)(H2,25,26,31). The van der Waals surface area contributed by atoms with E-state index in [1.54, 1.807) is 7.05 Å². The molecule has 10 nitrogen and oxygen atoms in total. The summed E-state index contributed by atoms with van der Waals surface area (Å²) >= 11 is 0. The summed E-state index contributed by atoms with van der Waals surface area (Å²) in [7, 11) is 1.55. The first kappa shape index (κ1) is 26.9. The van der Waals surface area contributed by atoms with Crippen LogP contribution in [-0.2, 0) is 32.1 Å². The average molecular weight is 450 g/mol. The Balaban J connectivity index is 2.14. The Kier molecular flexibility index (Phi) is 13.9. The minimum Gasteiger partial charge on any atom is -0.372 e. The Hall–Kier alpha value is -3.14. The molecule has 0 spiro atoms. The van der Waals surface area contributed by atoms with Crippen molar-refractivity contribution in [3.63, 3.8) is 0 Å². The lowest BCUT2D eigenvalue weighted by atomic mass is 10.1. The molecular formula is C22H35N5O5. The molecule has 178 valence electrons. The van der Waals surface area contributed by atoms with Crippen LogP contribution in [0.15, 0.2) is 24.3 Å². The first-order chi connectivity index (χ1) is 15.4. The highest BCUT2D eigenvalue weighted by Gasteiger charge is 2.06. The Morgan fingerprint density at radius 1 is 0.812 bits per heavy atom. The molecule has 10 heteroatoms. The summed E-state index contributed by atoms with van der Waals surface area (Å²) in [4.78, 5) is 46.2. The summed E-state index contributed by atoms with van der Waals surface area (Å²) < 4.78 is 5.31. The number of urea groups is 1. The van der Waals surface area contributed by atoms with E-state index in [0.717, 1.165) is 17.5 Å². The fourth-order valence-corrected chi connectivity index (χ4v) is 2.56. The van der Waals surface area contributed by atoms with Gasteiger partial charge in [0.05, 0.1) is 6.42 Å². The Morgan fingerprint density at radius 2 is 1.50 bits per heavy atom. The number of benzene rings is 1.